The van der Waals surface area contributed by atoms with E-state index in [4.69, 9.17) is 19.2 Å². The highest BCUT2D eigenvalue weighted by molar-refractivity contribution is 5.99. The second-order valence-corrected chi connectivity index (χ2v) is 6.55. The molecular formula is C22H23N3O5. The molecule has 8 nitrogen and oxygen atoms in total. The van der Waals surface area contributed by atoms with Crippen molar-refractivity contribution in [1.82, 2.24) is 10.1 Å². The molecule has 0 aliphatic rings. The first-order chi connectivity index (χ1) is 14.6. The van der Waals surface area contributed by atoms with Crippen molar-refractivity contribution in [3.63, 3.8) is 0 Å². The molecule has 2 aromatic carbocycles. The number of nitrogens with zero attached hydrogens (tertiary/aromatic N) is 3. The Hall–Kier alpha value is -3.68. The lowest BCUT2D eigenvalue weighted by atomic mass is 10.1. The van der Waals surface area contributed by atoms with E-state index >= 15 is 0 Å². The van der Waals surface area contributed by atoms with Crippen LogP contribution in [0.5, 0.6) is 5.75 Å². The first kappa shape index (κ1) is 21.0. The topological polar surface area (TPSA) is 107 Å². The number of hydrogen-bond acceptors (Lipinski definition) is 7. The summed E-state index contributed by atoms with van der Waals surface area (Å²) in [7, 11) is 0. The largest absolute Gasteiger partial charge is 0.484 e. The van der Waals surface area contributed by atoms with Crippen LogP contribution < -0.4 is 4.74 Å². The number of carbonyl (C=O) groups is 1. The summed E-state index contributed by atoms with van der Waals surface area (Å²) in [5, 5.41) is 17.0. The highest BCUT2D eigenvalue weighted by Gasteiger charge is 2.10. The lowest BCUT2D eigenvalue weighted by Gasteiger charge is -2.07. The Morgan fingerprint density at radius 2 is 1.90 bits per heavy atom. The Bertz CT molecular complexity index is 968. The van der Waals surface area contributed by atoms with Crippen molar-refractivity contribution in [3.8, 4) is 17.1 Å². The molecule has 0 bridgehead atoms. The molecule has 0 saturated heterocycles. The van der Waals surface area contributed by atoms with Crippen LogP contribution in [-0.2, 0) is 22.7 Å². The van der Waals surface area contributed by atoms with Crippen LogP contribution in [0.4, 0.5) is 0 Å². The van der Waals surface area contributed by atoms with E-state index in [0.29, 0.717) is 36.2 Å². The Morgan fingerprint density at radius 1 is 1.13 bits per heavy atom. The molecule has 3 rings (SSSR count). The average Bonchev–Trinajstić information content (AvgIpc) is 3.23. The number of ether oxygens (including phenoxy) is 1. The molecular weight excluding hydrogens is 386 g/mol. The van der Waals surface area contributed by atoms with Crippen LogP contribution >= 0.6 is 0 Å². The number of aliphatic carboxylic acids is 1. The minimum atomic E-state index is -0.941. The summed E-state index contributed by atoms with van der Waals surface area (Å²) in [4.78, 5) is 20.5. The van der Waals surface area contributed by atoms with E-state index in [1.54, 1.807) is 12.1 Å². The Kier molecular flexibility index (Phi) is 7.54. The van der Waals surface area contributed by atoms with Gasteiger partial charge in [0.25, 0.3) is 5.89 Å². The maximum Gasteiger partial charge on any atom is 0.309 e. The fraction of sp³-hybridized carbons (Fsp3) is 0.273. The predicted molar refractivity (Wildman–Crippen MR) is 110 cm³/mol. The number of aromatic nitrogens is 2. The number of oxime groups is 1. The summed E-state index contributed by atoms with van der Waals surface area (Å²) in [6.07, 6.45) is 1.03. The van der Waals surface area contributed by atoms with Crippen molar-refractivity contribution in [2.75, 3.05) is 6.61 Å². The molecule has 0 atom stereocenters. The van der Waals surface area contributed by atoms with Gasteiger partial charge in [-0.2, -0.15) is 4.98 Å². The van der Waals surface area contributed by atoms with Gasteiger partial charge in [0.15, 0.2) is 6.61 Å². The lowest BCUT2D eigenvalue weighted by Crippen LogP contribution is -2.11. The third-order valence-corrected chi connectivity index (χ3v) is 4.04. The van der Waals surface area contributed by atoms with Crippen molar-refractivity contribution in [3.05, 3.63) is 66.1 Å². The predicted octanol–water partition coefficient (Wildman–Crippen LogP) is 4.12. The van der Waals surface area contributed by atoms with Crippen LogP contribution in [0.15, 0.2) is 64.3 Å². The molecule has 0 aliphatic carbocycles. The van der Waals surface area contributed by atoms with Gasteiger partial charge in [-0.3, -0.25) is 4.79 Å². The second kappa shape index (κ2) is 10.8. The minimum absolute atomic E-state index is 0.149. The van der Waals surface area contributed by atoms with Gasteiger partial charge in [0.05, 0.1) is 12.1 Å². The van der Waals surface area contributed by atoms with E-state index in [0.717, 1.165) is 17.5 Å². The molecule has 1 N–H and O–H groups in total. The summed E-state index contributed by atoms with van der Waals surface area (Å²) in [6, 6.07) is 16.9. The van der Waals surface area contributed by atoms with Crippen molar-refractivity contribution < 1.29 is 24.0 Å². The highest BCUT2D eigenvalue weighted by Crippen LogP contribution is 2.18. The summed E-state index contributed by atoms with van der Waals surface area (Å²) in [5.41, 5.74) is 2.24. The molecule has 0 amide bonds. The molecule has 30 heavy (non-hydrogen) atoms. The summed E-state index contributed by atoms with van der Waals surface area (Å²) in [5.74, 6) is 0.586. The smallest absolute Gasteiger partial charge is 0.309 e. The molecule has 0 saturated carbocycles. The fourth-order valence-corrected chi connectivity index (χ4v) is 2.63. The molecule has 0 radical (unpaired) electrons. The van der Waals surface area contributed by atoms with Gasteiger partial charge in [0.2, 0.25) is 5.82 Å². The lowest BCUT2D eigenvalue weighted by molar-refractivity contribution is -0.135. The Morgan fingerprint density at radius 3 is 2.60 bits per heavy atom. The monoisotopic (exact) mass is 409 g/mol. The SMILES string of the molecule is CCCON=C(CC(=O)O)Cc1ccc(OCc2nc(-c3ccccc3)no2)cc1. The zero-order chi connectivity index (χ0) is 21.2. The van der Waals surface area contributed by atoms with Crippen LogP contribution in [0.3, 0.4) is 0 Å². The fourth-order valence-electron chi connectivity index (χ4n) is 2.63. The Labute approximate surface area is 174 Å². The van der Waals surface area contributed by atoms with Crippen LogP contribution in [0.2, 0.25) is 0 Å². The van der Waals surface area contributed by atoms with E-state index in [9.17, 15) is 4.79 Å². The molecule has 1 heterocycles. The van der Waals surface area contributed by atoms with Crippen molar-refractivity contribution in [2.45, 2.75) is 32.8 Å². The number of hydrogen-bond donors (Lipinski definition) is 1. The van der Waals surface area contributed by atoms with E-state index in [1.807, 2.05) is 49.4 Å². The van der Waals surface area contributed by atoms with Crippen LogP contribution in [0.1, 0.15) is 31.2 Å². The minimum Gasteiger partial charge on any atom is -0.484 e. The first-order valence-corrected chi connectivity index (χ1v) is 9.63. The van der Waals surface area contributed by atoms with Crippen molar-refractivity contribution in [2.24, 2.45) is 5.16 Å². The quantitative estimate of drug-likeness (QED) is 0.288. The van der Waals surface area contributed by atoms with Crippen LogP contribution in [0.25, 0.3) is 11.4 Å². The number of rotatable bonds is 11. The van der Waals surface area contributed by atoms with Crippen LogP contribution in [-0.4, -0.2) is 33.5 Å². The summed E-state index contributed by atoms with van der Waals surface area (Å²) >= 11 is 0. The molecule has 8 heteroatoms. The normalized spacial score (nSPS) is 11.3. The van der Waals surface area contributed by atoms with Gasteiger partial charge in [0.1, 0.15) is 12.4 Å². The van der Waals surface area contributed by atoms with Crippen molar-refractivity contribution >= 4 is 11.7 Å². The first-order valence-electron chi connectivity index (χ1n) is 9.63. The summed E-state index contributed by atoms with van der Waals surface area (Å²) in [6.45, 7) is 2.56. The maximum atomic E-state index is 11.0. The van der Waals surface area contributed by atoms with Gasteiger partial charge < -0.3 is 19.2 Å². The van der Waals surface area contributed by atoms with Gasteiger partial charge >= 0.3 is 5.97 Å². The summed E-state index contributed by atoms with van der Waals surface area (Å²) < 4.78 is 10.9. The zero-order valence-electron chi connectivity index (χ0n) is 16.7. The highest BCUT2D eigenvalue weighted by atomic mass is 16.6. The van der Waals surface area contributed by atoms with E-state index in [-0.39, 0.29) is 13.0 Å². The number of benzene rings is 2. The van der Waals surface area contributed by atoms with Gasteiger partial charge in [0, 0.05) is 12.0 Å². The molecule has 0 unspecified atom stereocenters. The second-order valence-electron chi connectivity index (χ2n) is 6.55. The van der Waals surface area contributed by atoms with Crippen LogP contribution in [0, 0.1) is 0 Å². The zero-order valence-corrected chi connectivity index (χ0v) is 16.7. The van der Waals surface area contributed by atoms with E-state index in [2.05, 4.69) is 15.3 Å². The van der Waals surface area contributed by atoms with E-state index in [1.165, 1.54) is 0 Å². The van der Waals surface area contributed by atoms with Gasteiger partial charge in [-0.15, -0.1) is 0 Å². The third-order valence-electron chi connectivity index (χ3n) is 4.04. The Balaban J connectivity index is 1.56. The van der Waals surface area contributed by atoms with Gasteiger partial charge in [-0.25, -0.2) is 0 Å². The van der Waals surface area contributed by atoms with Gasteiger partial charge in [-0.1, -0.05) is 59.7 Å². The molecule has 0 spiro atoms. The molecule has 3 aromatic rings. The molecule has 0 fully saturated rings. The molecule has 1 aromatic heterocycles. The number of carboxylic acids is 1. The number of carboxylic acid groups (broad SMARTS) is 1. The molecule has 156 valence electrons. The van der Waals surface area contributed by atoms with E-state index < -0.39 is 5.97 Å². The molecule has 0 aliphatic heterocycles. The average molecular weight is 409 g/mol. The third kappa shape index (κ3) is 6.44. The van der Waals surface area contributed by atoms with Gasteiger partial charge in [-0.05, 0) is 24.1 Å². The maximum absolute atomic E-state index is 11.0. The van der Waals surface area contributed by atoms with Crippen molar-refractivity contribution in [1.29, 1.82) is 0 Å². The standard InChI is InChI=1S/C22H23N3O5/c1-2-12-29-24-18(14-21(26)27)13-16-8-10-19(11-9-16)28-15-20-23-22(25-30-20)17-6-4-3-5-7-17/h3-11H,2,12-15H2,1H3,(H,26,27).